The number of hydrogen-bond acceptors (Lipinski definition) is 6. The van der Waals surface area contributed by atoms with Crippen molar-refractivity contribution in [3.05, 3.63) is 65.0 Å². The zero-order valence-electron chi connectivity index (χ0n) is 23.1. The molecule has 0 aliphatic carbocycles. The Hall–Kier alpha value is -3.49. The quantitative estimate of drug-likeness (QED) is 0.263. The highest BCUT2D eigenvalue weighted by Gasteiger charge is 2.29. The van der Waals surface area contributed by atoms with E-state index in [1.165, 1.54) is 12.1 Å². The Kier molecular flexibility index (Phi) is 11.5. The molecule has 2 heterocycles. The number of carbonyl (C=O) groups excluding carboxylic acids is 3. The minimum Gasteiger partial charge on any atom is -0.354 e. The van der Waals surface area contributed by atoms with Gasteiger partial charge in [-0.25, -0.2) is 13.2 Å². The average molecular weight is 613 g/mol. The highest BCUT2D eigenvalue weighted by atomic mass is 32.2. The van der Waals surface area contributed by atoms with Gasteiger partial charge in [0.15, 0.2) is 11.6 Å². The molecular weight excluding hydrogens is 577 g/mol. The van der Waals surface area contributed by atoms with Crippen molar-refractivity contribution in [1.29, 1.82) is 0 Å². The van der Waals surface area contributed by atoms with Gasteiger partial charge in [-0.1, -0.05) is 17.7 Å². The van der Waals surface area contributed by atoms with Crippen molar-refractivity contribution in [2.75, 3.05) is 19.6 Å². The minimum absolute atomic E-state index is 0.0299. The maximum Gasteiger partial charge on any atom is 0.294 e. The Morgan fingerprint density at radius 1 is 1.07 bits per heavy atom. The number of amides is 3. The molecule has 230 valence electrons. The van der Waals surface area contributed by atoms with Crippen LogP contribution in [-0.2, 0) is 30.9 Å². The van der Waals surface area contributed by atoms with Gasteiger partial charge in [0.2, 0.25) is 17.7 Å². The Labute approximate surface area is 242 Å². The first-order valence-corrected chi connectivity index (χ1v) is 15.0. The SMILES string of the molecule is Cc1ccc(S(=O)(=O)O)cc1.N[C@H](Cc1cc(F)c(F)cc1F)C1CCN(C(=O)CCNC(=O)C2CCC(=O)N2)CC1. The molecule has 2 aromatic rings. The van der Waals surface area contributed by atoms with Gasteiger partial charge in [0, 0.05) is 44.6 Å². The number of halogens is 3. The van der Waals surface area contributed by atoms with Crippen LogP contribution in [0.25, 0.3) is 0 Å². The minimum atomic E-state index is -4.02. The van der Waals surface area contributed by atoms with Gasteiger partial charge in [-0.2, -0.15) is 8.42 Å². The summed E-state index contributed by atoms with van der Waals surface area (Å²) in [5.41, 5.74) is 7.18. The van der Waals surface area contributed by atoms with Crippen molar-refractivity contribution in [2.24, 2.45) is 11.7 Å². The van der Waals surface area contributed by atoms with Gasteiger partial charge in [0.05, 0.1) is 4.90 Å². The van der Waals surface area contributed by atoms with E-state index < -0.39 is 39.7 Å². The fourth-order valence-corrected chi connectivity index (χ4v) is 5.29. The molecule has 0 aromatic heterocycles. The first-order valence-electron chi connectivity index (χ1n) is 13.5. The lowest BCUT2D eigenvalue weighted by Gasteiger charge is -2.35. The molecule has 2 fully saturated rings. The van der Waals surface area contributed by atoms with E-state index in [1.807, 2.05) is 6.92 Å². The molecule has 0 spiro atoms. The van der Waals surface area contributed by atoms with Crippen molar-refractivity contribution >= 4 is 27.8 Å². The number of benzene rings is 2. The summed E-state index contributed by atoms with van der Waals surface area (Å²) >= 11 is 0. The van der Waals surface area contributed by atoms with E-state index in [1.54, 1.807) is 17.0 Å². The molecule has 3 amide bonds. The molecular formula is C28H35F3N4O6S. The molecule has 1 unspecified atom stereocenters. The second-order valence-electron chi connectivity index (χ2n) is 10.4. The van der Waals surface area contributed by atoms with E-state index in [0.717, 1.165) is 11.6 Å². The van der Waals surface area contributed by atoms with Gasteiger partial charge < -0.3 is 21.3 Å². The summed E-state index contributed by atoms with van der Waals surface area (Å²) in [7, 11) is -4.02. The van der Waals surface area contributed by atoms with Crippen LogP contribution in [0, 0.1) is 30.3 Å². The van der Waals surface area contributed by atoms with Crippen LogP contribution in [0.1, 0.15) is 43.2 Å². The van der Waals surface area contributed by atoms with Gasteiger partial charge >= 0.3 is 0 Å². The predicted molar refractivity (Wildman–Crippen MR) is 147 cm³/mol. The number of carbonyl (C=O) groups is 3. The van der Waals surface area contributed by atoms with Gasteiger partial charge in [-0.15, -0.1) is 0 Å². The standard InChI is InChI=1S/C21H27F3N4O3.C7H8O3S/c22-14-11-16(24)15(23)9-13(14)10-17(25)12-4-7-28(8-5-12)20(30)3-6-26-21(31)18-1-2-19(29)27-18;1-6-2-4-7(5-3-6)11(8,9)10/h9,11-12,17-18H,1-8,10,25H2,(H,26,31)(H,27,29);2-5H,1H3,(H,8,9,10)/t17-,18?;/m1./s1. The first-order chi connectivity index (χ1) is 19.7. The molecule has 42 heavy (non-hydrogen) atoms. The molecule has 2 aliphatic rings. The largest absolute Gasteiger partial charge is 0.354 e. The fraction of sp³-hybridized carbons (Fsp3) is 0.464. The highest BCUT2D eigenvalue weighted by Crippen LogP contribution is 2.24. The molecule has 10 nitrogen and oxygen atoms in total. The number of nitrogens with one attached hydrogen (secondary N) is 2. The van der Waals surface area contributed by atoms with Crippen molar-refractivity contribution in [1.82, 2.24) is 15.5 Å². The van der Waals surface area contributed by atoms with Crippen LogP contribution in [-0.4, -0.2) is 67.3 Å². The summed E-state index contributed by atoms with van der Waals surface area (Å²) in [6.07, 6.45) is 2.28. The monoisotopic (exact) mass is 612 g/mol. The van der Waals surface area contributed by atoms with E-state index in [2.05, 4.69) is 10.6 Å². The molecule has 2 aromatic carbocycles. The molecule has 2 aliphatic heterocycles. The van der Waals surface area contributed by atoms with Crippen LogP contribution in [0.15, 0.2) is 41.3 Å². The lowest BCUT2D eigenvalue weighted by molar-refractivity contribution is -0.133. The first kappa shape index (κ1) is 33.0. The van der Waals surface area contributed by atoms with Crippen LogP contribution in [0.2, 0.25) is 0 Å². The van der Waals surface area contributed by atoms with Crippen LogP contribution < -0.4 is 16.4 Å². The molecule has 5 N–H and O–H groups in total. The molecule has 0 bridgehead atoms. The average Bonchev–Trinajstić information content (AvgIpc) is 3.38. The Bertz CT molecular complexity index is 1380. The summed E-state index contributed by atoms with van der Waals surface area (Å²) in [5.74, 6) is -3.65. The Morgan fingerprint density at radius 3 is 2.26 bits per heavy atom. The topological polar surface area (TPSA) is 159 Å². The molecule has 0 radical (unpaired) electrons. The number of nitrogens with zero attached hydrogens (tertiary/aromatic N) is 1. The molecule has 2 saturated heterocycles. The zero-order chi connectivity index (χ0) is 31.0. The third-order valence-corrected chi connectivity index (χ3v) is 8.18. The van der Waals surface area contributed by atoms with Crippen LogP contribution in [0.5, 0.6) is 0 Å². The van der Waals surface area contributed by atoms with E-state index in [9.17, 15) is 36.0 Å². The third-order valence-electron chi connectivity index (χ3n) is 7.31. The lowest BCUT2D eigenvalue weighted by atomic mass is 9.86. The second kappa shape index (κ2) is 14.6. The molecule has 2 atom stereocenters. The lowest BCUT2D eigenvalue weighted by Crippen LogP contribution is -2.46. The van der Waals surface area contributed by atoms with E-state index in [-0.39, 0.29) is 53.5 Å². The third kappa shape index (κ3) is 9.53. The van der Waals surface area contributed by atoms with E-state index in [4.69, 9.17) is 10.3 Å². The number of likely N-dealkylation sites (tertiary alicyclic amines) is 1. The second-order valence-corrected chi connectivity index (χ2v) is 11.9. The van der Waals surface area contributed by atoms with Crippen molar-refractivity contribution in [3.63, 3.8) is 0 Å². The Balaban J connectivity index is 0.000000369. The van der Waals surface area contributed by atoms with Gasteiger partial charge in [0.1, 0.15) is 11.9 Å². The summed E-state index contributed by atoms with van der Waals surface area (Å²) in [6, 6.07) is 6.39. The van der Waals surface area contributed by atoms with E-state index >= 15 is 0 Å². The van der Waals surface area contributed by atoms with Crippen LogP contribution >= 0.6 is 0 Å². The van der Waals surface area contributed by atoms with Gasteiger partial charge in [-0.3, -0.25) is 18.9 Å². The van der Waals surface area contributed by atoms with E-state index in [0.29, 0.717) is 44.8 Å². The summed E-state index contributed by atoms with van der Waals surface area (Å²) in [4.78, 5) is 37.1. The summed E-state index contributed by atoms with van der Waals surface area (Å²) < 4.78 is 69.9. The van der Waals surface area contributed by atoms with Crippen LogP contribution in [0.3, 0.4) is 0 Å². The number of rotatable bonds is 8. The highest BCUT2D eigenvalue weighted by molar-refractivity contribution is 7.85. The van der Waals surface area contributed by atoms with Crippen molar-refractivity contribution in [3.8, 4) is 0 Å². The molecule has 4 rings (SSSR count). The maximum atomic E-state index is 13.9. The summed E-state index contributed by atoms with van der Waals surface area (Å²) in [6.45, 7) is 3.01. The number of nitrogens with two attached hydrogens (primary N) is 1. The number of piperidine rings is 1. The zero-order valence-corrected chi connectivity index (χ0v) is 23.9. The van der Waals surface area contributed by atoms with Gasteiger partial charge in [-0.05, 0) is 62.3 Å². The predicted octanol–water partition coefficient (Wildman–Crippen LogP) is 2.24. The fourth-order valence-electron chi connectivity index (χ4n) is 4.81. The maximum absolute atomic E-state index is 13.9. The number of hydrogen-bond donors (Lipinski definition) is 4. The summed E-state index contributed by atoms with van der Waals surface area (Å²) in [5, 5.41) is 5.25. The Morgan fingerprint density at radius 2 is 1.69 bits per heavy atom. The van der Waals surface area contributed by atoms with Gasteiger partial charge in [0.25, 0.3) is 10.1 Å². The van der Waals surface area contributed by atoms with Crippen molar-refractivity contribution in [2.45, 2.75) is 62.4 Å². The smallest absolute Gasteiger partial charge is 0.294 e. The molecule has 14 heteroatoms. The number of aryl methyl sites for hydroxylation is 1. The van der Waals surface area contributed by atoms with Crippen LogP contribution in [0.4, 0.5) is 13.2 Å². The normalized spacial score (nSPS) is 18.1. The molecule has 0 saturated carbocycles. The van der Waals surface area contributed by atoms with Crippen molar-refractivity contribution < 1.29 is 40.5 Å².